The van der Waals surface area contributed by atoms with Crippen LogP contribution in [0.5, 0.6) is 0 Å². The molecule has 0 bridgehead atoms. The van der Waals surface area contributed by atoms with E-state index in [0.717, 1.165) is 17.6 Å². The zero-order chi connectivity index (χ0) is 22.8. The Labute approximate surface area is 195 Å². The third-order valence-electron chi connectivity index (χ3n) is 5.58. The number of nitrogens with one attached hydrogen (secondary N) is 1. The van der Waals surface area contributed by atoms with Crippen LogP contribution in [0.4, 0.5) is 0 Å². The highest BCUT2D eigenvalue weighted by molar-refractivity contribution is 6.33. The molecule has 0 saturated carbocycles. The molecule has 1 aliphatic heterocycles. The van der Waals surface area contributed by atoms with Gasteiger partial charge in [0, 0.05) is 17.7 Å². The lowest BCUT2D eigenvalue weighted by atomic mass is 9.91. The minimum atomic E-state index is -0.466. The van der Waals surface area contributed by atoms with Gasteiger partial charge in [-0.05, 0) is 41.1 Å². The van der Waals surface area contributed by atoms with Crippen molar-refractivity contribution in [2.24, 2.45) is 5.92 Å². The van der Waals surface area contributed by atoms with Crippen LogP contribution in [0.25, 0.3) is 11.3 Å². The van der Waals surface area contributed by atoms with Crippen LogP contribution in [0.1, 0.15) is 29.3 Å². The second-order valence-electron chi connectivity index (χ2n) is 7.98. The van der Waals surface area contributed by atoms with Crippen LogP contribution in [-0.4, -0.2) is 51.0 Å². The van der Waals surface area contributed by atoms with E-state index in [0.29, 0.717) is 34.3 Å². The number of hydrogen-bond acceptors (Lipinski definition) is 5. The molecule has 1 aromatic heterocycles. The van der Waals surface area contributed by atoms with Gasteiger partial charge in [-0.25, -0.2) is 9.97 Å². The summed E-state index contributed by atoms with van der Waals surface area (Å²) < 4.78 is 0. The number of aliphatic hydroxyl groups is 1. The van der Waals surface area contributed by atoms with Crippen molar-refractivity contribution in [2.75, 3.05) is 13.2 Å². The van der Waals surface area contributed by atoms with Gasteiger partial charge in [0.25, 0.3) is 5.91 Å². The van der Waals surface area contributed by atoms with Crippen molar-refractivity contribution >= 4 is 35.0 Å². The number of allylic oxidation sites excluding steroid dienone is 3. The molecule has 0 radical (unpaired) electrons. The first-order valence-electron chi connectivity index (χ1n) is 10.2. The normalized spacial score (nSPS) is 18.4. The van der Waals surface area contributed by atoms with E-state index in [1.54, 1.807) is 6.07 Å². The Morgan fingerprint density at radius 1 is 1.38 bits per heavy atom. The lowest BCUT2D eigenvalue weighted by molar-refractivity contribution is -0.122. The Kier molecular flexibility index (Phi) is 6.60. The molecule has 0 fully saturated rings. The Bertz CT molecular complexity index is 1130. The van der Waals surface area contributed by atoms with Gasteiger partial charge < -0.3 is 15.3 Å². The van der Waals surface area contributed by atoms with E-state index in [-0.39, 0.29) is 30.2 Å². The maximum Gasteiger partial charge on any atom is 0.254 e. The van der Waals surface area contributed by atoms with Gasteiger partial charge in [-0.15, -0.1) is 0 Å². The summed E-state index contributed by atoms with van der Waals surface area (Å²) >= 11 is 12.1. The van der Waals surface area contributed by atoms with E-state index in [9.17, 15) is 14.7 Å². The van der Waals surface area contributed by atoms with Gasteiger partial charge in [-0.2, -0.15) is 0 Å². The van der Waals surface area contributed by atoms with Gasteiger partial charge >= 0.3 is 0 Å². The molecule has 32 heavy (non-hydrogen) atoms. The van der Waals surface area contributed by atoms with E-state index in [1.807, 2.05) is 24.3 Å². The average molecular weight is 473 g/mol. The highest BCUT2D eigenvalue weighted by Gasteiger charge is 2.30. The van der Waals surface area contributed by atoms with Crippen molar-refractivity contribution in [1.29, 1.82) is 0 Å². The number of amides is 2. The zero-order valence-corrected chi connectivity index (χ0v) is 18.9. The molecule has 9 heteroatoms. The number of benzene rings is 1. The number of fused-ring (bicyclic) bond motifs is 1. The van der Waals surface area contributed by atoms with Crippen LogP contribution in [0.15, 0.2) is 48.2 Å². The average Bonchev–Trinajstić information content (AvgIpc) is 3.08. The molecule has 1 unspecified atom stereocenters. The summed E-state index contributed by atoms with van der Waals surface area (Å²) in [5.74, 6) is -0.218. The predicted molar refractivity (Wildman–Crippen MR) is 122 cm³/mol. The Balaban J connectivity index is 1.46. The summed E-state index contributed by atoms with van der Waals surface area (Å²) in [6.45, 7) is 2.11. The Morgan fingerprint density at radius 2 is 2.19 bits per heavy atom. The molecule has 2 aromatic rings. The first-order chi connectivity index (χ1) is 15.4. The number of nitrogens with zero attached hydrogens (tertiary/aromatic N) is 3. The van der Waals surface area contributed by atoms with E-state index in [4.69, 9.17) is 23.2 Å². The molecule has 2 atom stereocenters. The summed E-state index contributed by atoms with van der Waals surface area (Å²) in [7, 11) is 0. The van der Waals surface area contributed by atoms with E-state index >= 15 is 0 Å². The minimum Gasteiger partial charge on any atom is -0.394 e. The molecule has 2 N–H and O–H groups in total. The van der Waals surface area contributed by atoms with Crippen LogP contribution in [0.2, 0.25) is 10.3 Å². The fourth-order valence-corrected chi connectivity index (χ4v) is 4.32. The fourth-order valence-electron chi connectivity index (χ4n) is 3.99. The lowest BCUT2D eigenvalue weighted by Gasteiger charge is -2.24. The second kappa shape index (κ2) is 9.40. The zero-order valence-electron chi connectivity index (χ0n) is 17.4. The smallest absolute Gasteiger partial charge is 0.254 e. The summed E-state index contributed by atoms with van der Waals surface area (Å²) in [4.78, 5) is 35.1. The number of halogens is 2. The SMILES string of the molecule is CC1C=CC=C([C@@H](CO)NC(=O)CN2Cc3ccc(-c4nc(Cl)ncc4Cl)cc3C2=O)C1. The molecule has 1 aromatic carbocycles. The highest BCUT2D eigenvalue weighted by atomic mass is 35.5. The molecule has 166 valence electrons. The molecule has 7 nitrogen and oxygen atoms in total. The molecule has 0 saturated heterocycles. The van der Waals surface area contributed by atoms with Gasteiger partial charge in [0.2, 0.25) is 11.2 Å². The molecular formula is C23H22Cl2N4O3. The summed E-state index contributed by atoms with van der Waals surface area (Å²) in [5, 5.41) is 13.0. The van der Waals surface area contributed by atoms with Crippen LogP contribution < -0.4 is 5.32 Å². The van der Waals surface area contributed by atoms with Gasteiger partial charge in [-0.1, -0.05) is 48.9 Å². The summed E-state index contributed by atoms with van der Waals surface area (Å²) in [5.41, 5.74) is 3.36. The molecule has 4 rings (SSSR count). The maximum atomic E-state index is 13.0. The Morgan fingerprint density at radius 3 is 2.94 bits per heavy atom. The standard InChI is InChI=1S/C23H22Cl2N4O3/c1-13-3-2-4-14(7-13)19(12-30)27-20(31)11-29-10-16-6-5-15(8-17(16)22(29)32)21-18(24)9-26-23(25)28-21/h2-6,8-9,13,19,30H,7,10-12H2,1H3,(H,27,31)/t13?,19-/m1/s1. The van der Waals surface area contributed by atoms with Gasteiger partial charge in [0.1, 0.15) is 6.54 Å². The summed E-state index contributed by atoms with van der Waals surface area (Å²) in [6, 6.07) is 4.87. The van der Waals surface area contributed by atoms with Crippen LogP contribution >= 0.6 is 23.2 Å². The molecule has 1 aliphatic carbocycles. The van der Waals surface area contributed by atoms with Crippen LogP contribution in [-0.2, 0) is 11.3 Å². The van der Waals surface area contributed by atoms with Crippen molar-refractivity contribution in [2.45, 2.75) is 25.9 Å². The minimum absolute atomic E-state index is 0.0610. The van der Waals surface area contributed by atoms with Crippen molar-refractivity contribution in [3.8, 4) is 11.3 Å². The van der Waals surface area contributed by atoms with Crippen molar-refractivity contribution in [3.63, 3.8) is 0 Å². The van der Waals surface area contributed by atoms with Gasteiger partial charge in [-0.3, -0.25) is 9.59 Å². The van der Waals surface area contributed by atoms with E-state index < -0.39 is 6.04 Å². The molecule has 0 spiro atoms. The number of carbonyl (C=O) groups excluding carboxylic acids is 2. The fraction of sp³-hybridized carbons (Fsp3) is 0.304. The highest BCUT2D eigenvalue weighted by Crippen LogP contribution is 2.31. The van der Waals surface area contributed by atoms with E-state index in [1.165, 1.54) is 11.1 Å². The number of aliphatic hydroxyl groups excluding tert-OH is 1. The monoisotopic (exact) mass is 472 g/mol. The molecule has 2 amide bonds. The van der Waals surface area contributed by atoms with Crippen LogP contribution in [0, 0.1) is 5.92 Å². The quantitative estimate of drug-likeness (QED) is 0.628. The number of hydrogen-bond donors (Lipinski definition) is 2. The largest absolute Gasteiger partial charge is 0.394 e. The van der Waals surface area contributed by atoms with Gasteiger partial charge in [0.15, 0.2) is 0 Å². The first-order valence-corrected chi connectivity index (χ1v) is 11.0. The van der Waals surface area contributed by atoms with Crippen LogP contribution in [0.3, 0.4) is 0 Å². The second-order valence-corrected chi connectivity index (χ2v) is 8.72. The molecule has 2 heterocycles. The number of carbonyl (C=O) groups is 2. The van der Waals surface area contributed by atoms with E-state index in [2.05, 4.69) is 28.3 Å². The van der Waals surface area contributed by atoms with Crippen molar-refractivity contribution < 1.29 is 14.7 Å². The lowest BCUT2D eigenvalue weighted by Crippen LogP contribution is -2.44. The number of rotatable bonds is 6. The summed E-state index contributed by atoms with van der Waals surface area (Å²) in [6.07, 6.45) is 8.12. The molecule has 2 aliphatic rings. The maximum absolute atomic E-state index is 13.0. The van der Waals surface area contributed by atoms with Crippen molar-refractivity contribution in [1.82, 2.24) is 20.2 Å². The molecular weight excluding hydrogens is 451 g/mol. The first kappa shape index (κ1) is 22.5. The Hall–Kier alpha value is -2.74. The topological polar surface area (TPSA) is 95.4 Å². The third kappa shape index (κ3) is 4.70. The van der Waals surface area contributed by atoms with Gasteiger partial charge in [0.05, 0.1) is 29.6 Å². The van der Waals surface area contributed by atoms with Crippen molar-refractivity contribution in [3.05, 3.63) is 69.6 Å². The third-order valence-corrected chi connectivity index (χ3v) is 6.04. The number of aromatic nitrogens is 2. The predicted octanol–water partition coefficient (Wildman–Crippen LogP) is 3.41.